The molecule has 146 valence electrons. The van der Waals surface area contributed by atoms with Crippen LogP contribution in [-0.4, -0.2) is 42.9 Å². The maximum absolute atomic E-state index is 12.7. The van der Waals surface area contributed by atoms with E-state index in [1.165, 1.54) is 32.1 Å². The van der Waals surface area contributed by atoms with Crippen LogP contribution in [0.25, 0.3) is 0 Å². The van der Waals surface area contributed by atoms with Crippen molar-refractivity contribution in [3.63, 3.8) is 0 Å². The molecule has 0 bridgehead atoms. The Bertz CT molecular complexity index is 679. The van der Waals surface area contributed by atoms with Crippen molar-refractivity contribution in [3.8, 4) is 11.5 Å². The highest BCUT2D eigenvalue weighted by atomic mass is 16.6. The van der Waals surface area contributed by atoms with Crippen molar-refractivity contribution in [2.24, 2.45) is 5.92 Å². The molecule has 1 amide bonds. The number of ether oxygens (including phenoxy) is 2. The number of carbonyl (C=O) groups excluding carboxylic acids is 2. The lowest BCUT2D eigenvalue weighted by molar-refractivity contribution is -0.131. The first kappa shape index (κ1) is 19.5. The zero-order valence-corrected chi connectivity index (χ0v) is 16.0. The Kier molecular flexibility index (Phi) is 6.91. The number of amides is 1. The Morgan fingerprint density at radius 1 is 1.07 bits per heavy atom. The monoisotopic (exact) mass is 371 g/mol. The van der Waals surface area contributed by atoms with Gasteiger partial charge in [0, 0.05) is 31.5 Å². The molecule has 0 N–H and O–H groups in total. The van der Waals surface area contributed by atoms with Crippen LogP contribution < -0.4 is 9.47 Å². The number of hydrogen-bond acceptors (Lipinski definition) is 4. The molecule has 0 saturated heterocycles. The lowest BCUT2D eigenvalue weighted by Crippen LogP contribution is -2.36. The first-order valence-corrected chi connectivity index (χ1v) is 9.99. The quantitative estimate of drug-likeness (QED) is 0.512. The van der Waals surface area contributed by atoms with Crippen LogP contribution in [0.1, 0.15) is 55.3 Å². The summed E-state index contributed by atoms with van der Waals surface area (Å²) in [6.07, 6.45) is 8.39. The molecule has 2 aliphatic rings. The topological polar surface area (TPSA) is 55.8 Å². The molecule has 3 rings (SSSR count). The molecule has 5 nitrogen and oxygen atoms in total. The summed E-state index contributed by atoms with van der Waals surface area (Å²) in [5.41, 5.74) is 0.564. The van der Waals surface area contributed by atoms with Gasteiger partial charge in [0.05, 0.1) is 0 Å². The summed E-state index contributed by atoms with van der Waals surface area (Å²) in [5, 5.41) is 0. The van der Waals surface area contributed by atoms with E-state index >= 15 is 0 Å². The Balaban J connectivity index is 1.54. The second-order valence-electron chi connectivity index (χ2n) is 7.37. The van der Waals surface area contributed by atoms with E-state index in [1.807, 2.05) is 4.90 Å². The summed E-state index contributed by atoms with van der Waals surface area (Å²) >= 11 is 0. The fourth-order valence-electron chi connectivity index (χ4n) is 3.86. The molecule has 1 heterocycles. The van der Waals surface area contributed by atoms with Crippen molar-refractivity contribution in [2.75, 3.05) is 26.3 Å². The minimum absolute atomic E-state index is 0.0337. The molecular formula is C22H29NO4. The van der Waals surface area contributed by atoms with Crippen LogP contribution in [0.15, 0.2) is 30.9 Å². The number of hydrogen-bond donors (Lipinski definition) is 0. The van der Waals surface area contributed by atoms with E-state index in [9.17, 15) is 9.59 Å². The van der Waals surface area contributed by atoms with E-state index in [-0.39, 0.29) is 24.5 Å². The van der Waals surface area contributed by atoms with Crippen LogP contribution in [0.5, 0.6) is 11.5 Å². The highest BCUT2D eigenvalue weighted by molar-refractivity contribution is 5.98. The highest BCUT2D eigenvalue weighted by Crippen LogP contribution is 2.31. The zero-order chi connectivity index (χ0) is 19.1. The molecule has 1 saturated carbocycles. The summed E-state index contributed by atoms with van der Waals surface area (Å²) in [7, 11) is 0. The molecule has 1 aromatic rings. The van der Waals surface area contributed by atoms with Gasteiger partial charge in [-0.3, -0.25) is 9.59 Å². The molecule has 0 radical (unpaired) electrons. The van der Waals surface area contributed by atoms with Crippen LogP contribution in [0.2, 0.25) is 0 Å². The predicted octanol–water partition coefficient (Wildman–Crippen LogP) is 4.02. The van der Waals surface area contributed by atoms with E-state index in [2.05, 4.69) is 6.58 Å². The van der Waals surface area contributed by atoms with Gasteiger partial charge in [-0.1, -0.05) is 25.3 Å². The minimum Gasteiger partial charge on any atom is -0.486 e. The van der Waals surface area contributed by atoms with Crippen LogP contribution in [0.4, 0.5) is 0 Å². The Labute approximate surface area is 161 Å². The molecule has 1 aliphatic heterocycles. The van der Waals surface area contributed by atoms with E-state index in [1.54, 1.807) is 24.3 Å². The minimum atomic E-state index is -0.0449. The van der Waals surface area contributed by atoms with Gasteiger partial charge >= 0.3 is 0 Å². The molecule has 0 atom stereocenters. The third-order valence-electron chi connectivity index (χ3n) is 5.34. The van der Waals surface area contributed by atoms with Crippen LogP contribution in [0.3, 0.4) is 0 Å². The number of ketones is 1. The van der Waals surface area contributed by atoms with Crippen LogP contribution >= 0.6 is 0 Å². The average molecular weight is 371 g/mol. The van der Waals surface area contributed by atoms with Gasteiger partial charge in [-0.15, -0.1) is 6.58 Å². The van der Waals surface area contributed by atoms with Gasteiger partial charge in [-0.05, 0) is 37.0 Å². The van der Waals surface area contributed by atoms with Crippen molar-refractivity contribution in [3.05, 3.63) is 36.4 Å². The van der Waals surface area contributed by atoms with E-state index in [4.69, 9.17) is 9.47 Å². The summed E-state index contributed by atoms with van der Waals surface area (Å²) < 4.78 is 11.0. The van der Waals surface area contributed by atoms with Crippen LogP contribution in [0, 0.1) is 5.92 Å². The number of benzene rings is 1. The summed E-state index contributed by atoms with van der Waals surface area (Å²) in [6, 6.07) is 5.21. The molecular weight excluding hydrogens is 342 g/mol. The Morgan fingerprint density at radius 2 is 1.81 bits per heavy atom. The SMILES string of the molecule is C=CCN(CC1CCCCC1)C(=O)CCC(=O)c1ccc2c(c1)OCCO2. The van der Waals surface area contributed by atoms with Gasteiger partial charge in [0.2, 0.25) is 5.91 Å². The van der Waals surface area contributed by atoms with Gasteiger partial charge in [0.15, 0.2) is 17.3 Å². The second kappa shape index (κ2) is 9.58. The Hall–Kier alpha value is -2.30. The Morgan fingerprint density at radius 3 is 2.56 bits per heavy atom. The molecule has 0 spiro atoms. The number of carbonyl (C=O) groups is 2. The number of Topliss-reactive ketones (excluding diaryl/α,β-unsaturated/α-hetero) is 1. The summed E-state index contributed by atoms with van der Waals surface area (Å²) in [5.74, 6) is 1.83. The van der Waals surface area contributed by atoms with Gasteiger partial charge in [0.25, 0.3) is 0 Å². The fraction of sp³-hybridized carbons (Fsp3) is 0.545. The highest BCUT2D eigenvalue weighted by Gasteiger charge is 2.21. The van der Waals surface area contributed by atoms with Crippen molar-refractivity contribution in [1.29, 1.82) is 0 Å². The van der Waals surface area contributed by atoms with E-state index in [0.29, 0.717) is 42.7 Å². The maximum atomic E-state index is 12.7. The van der Waals surface area contributed by atoms with Gasteiger partial charge in [0.1, 0.15) is 13.2 Å². The first-order chi connectivity index (χ1) is 13.2. The van der Waals surface area contributed by atoms with Gasteiger partial charge < -0.3 is 14.4 Å². The molecule has 1 aromatic carbocycles. The van der Waals surface area contributed by atoms with E-state index in [0.717, 1.165) is 6.54 Å². The smallest absolute Gasteiger partial charge is 0.223 e. The van der Waals surface area contributed by atoms with Crippen LogP contribution in [-0.2, 0) is 4.79 Å². The van der Waals surface area contributed by atoms with Crippen molar-refractivity contribution in [1.82, 2.24) is 4.90 Å². The van der Waals surface area contributed by atoms with Gasteiger partial charge in [-0.2, -0.15) is 0 Å². The predicted molar refractivity (Wildman–Crippen MR) is 104 cm³/mol. The van der Waals surface area contributed by atoms with Gasteiger partial charge in [-0.25, -0.2) is 0 Å². The second-order valence-corrected chi connectivity index (χ2v) is 7.37. The molecule has 5 heteroatoms. The number of rotatable bonds is 8. The summed E-state index contributed by atoms with van der Waals surface area (Å²) in [6.45, 7) is 6.11. The summed E-state index contributed by atoms with van der Waals surface area (Å²) in [4.78, 5) is 27.0. The molecule has 0 aromatic heterocycles. The van der Waals surface area contributed by atoms with Crippen molar-refractivity contribution >= 4 is 11.7 Å². The third-order valence-corrected chi connectivity index (χ3v) is 5.34. The zero-order valence-electron chi connectivity index (χ0n) is 16.0. The standard InChI is InChI=1S/C22H29NO4/c1-2-12-23(16-17-6-4-3-5-7-17)22(25)11-9-19(24)18-8-10-20-21(15-18)27-14-13-26-20/h2,8,10,15,17H,1,3-7,9,11-14,16H2. The number of fused-ring (bicyclic) bond motifs is 1. The molecule has 1 aliphatic carbocycles. The maximum Gasteiger partial charge on any atom is 0.223 e. The van der Waals surface area contributed by atoms with Crippen molar-refractivity contribution < 1.29 is 19.1 Å². The number of nitrogens with zero attached hydrogens (tertiary/aromatic N) is 1. The molecule has 0 unspecified atom stereocenters. The largest absolute Gasteiger partial charge is 0.486 e. The van der Waals surface area contributed by atoms with E-state index < -0.39 is 0 Å². The van der Waals surface area contributed by atoms with Crippen molar-refractivity contribution in [2.45, 2.75) is 44.9 Å². The fourth-order valence-corrected chi connectivity index (χ4v) is 3.86. The molecule has 1 fully saturated rings. The molecule has 27 heavy (non-hydrogen) atoms. The lowest BCUT2D eigenvalue weighted by Gasteiger charge is -2.29. The average Bonchev–Trinajstić information content (AvgIpc) is 2.72. The first-order valence-electron chi connectivity index (χ1n) is 9.99. The lowest BCUT2D eigenvalue weighted by atomic mass is 9.89. The normalized spacial score (nSPS) is 16.6. The third kappa shape index (κ3) is 5.34.